The van der Waals surface area contributed by atoms with Crippen molar-refractivity contribution in [2.24, 2.45) is 5.92 Å². The Morgan fingerprint density at radius 2 is 2.06 bits per heavy atom. The van der Waals surface area contributed by atoms with E-state index in [2.05, 4.69) is 16.8 Å². The highest BCUT2D eigenvalue weighted by molar-refractivity contribution is 5.86. The molecule has 2 aromatic rings. The lowest BCUT2D eigenvalue weighted by molar-refractivity contribution is -0.143. The number of piperidine rings is 1. The number of rotatable bonds is 6. The molecule has 2 atom stereocenters. The highest BCUT2D eigenvalue weighted by Gasteiger charge is 2.33. The first-order valence-electron chi connectivity index (χ1n) is 11.6. The molecule has 2 saturated heterocycles. The maximum absolute atomic E-state index is 13.4. The Morgan fingerprint density at radius 3 is 2.78 bits per heavy atom. The minimum atomic E-state index is -4.35. The van der Waals surface area contributed by atoms with Gasteiger partial charge in [0.25, 0.3) is 0 Å². The minimum Gasteiger partial charge on any atom is -0.370 e. The number of nitrogens with zero attached hydrogens (tertiary/aromatic N) is 2. The fourth-order valence-electron chi connectivity index (χ4n) is 5.23. The van der Waals surface area contributed by atoms with E-state index in [0.29, 0.717) is 31.0 Å². The molecule has 4 rings (SSSR count). The second kappa shape index (κ2) is 9.43. The monoisotopic (exact) mass is 451 g/mol. The molecule has 1 N–H and O–H groups in total. The Labute approximate surface area is 186 Å². The molecule has 2 fully saturated rings. The third-order valence-electron chi connectivity index (χ3n) is 7.08. The molecule has 1 aromatic carbocycles. The molecule has 0 bridgehead atoms. The topological polar surface area (TPSA) is 48.6 Å². The van der Waals surface area contributed by atoms with Gasteiger partial charge in [0.15, 0.2) is 0 Å². The quantitative estimate of drug-likeness (QED) is 0.707. The zero-order chi connectivity index (χ0) is 22.9. The highest BCUT2D eigenvalue weighted by Crippen LogP contribution is 2.40. The number of hydrogen-bond donors (Lipinski definition) is 1. The number of morpholine rings is 1. The third-order valence-corrected chi connectivity index (χ3v) is 7.08. The highest BCUT2D eigenvalue weighted by atomic mass is 19.4. The molecule has 1 amide bonds. The van der Waals surface area contributed by atoms with Crippen molar-refractivity contribution < 1.29 is 22.7 Å². The van der Waals surface area contributed by atoms with Crippen molar-refractivity contribution in [3.63, 3.8) is 0 Å². The van der Waals surface area contributed by atoms with E-state index in [4.69, 9.17) is 4.74 Å². The number of H-pyrrole nitrogens is 1. The fraction of sp³-hybridized carbons (Fsp3) is 0.625. The summed E-state index contributed by atoms with van der Waals surface area (Å²) in [5.74, 6) is 0.558. The second-order valence-corrected chi connectivity index (χ2v) is 9.05. The van der Waals surface area contributed by atoms with Crippen molar-refractivity contribution in [1.82, 2.24) is 14.8 Å². The second-order valence-electron chi connectivity index (χ2n) is 9.05. The molecule has 0 aliphatic carbocycles. The van der Waals surface area contributed by atoms with Gasteiger partial charge in [-0.15, -0.1) is 0 Å². The number of ether oxygens (including phenoxy) is 1. The van der Waals surface area contributed by atoms with E-state index in [1.807, 2.05) is 11.8 Å². The molecule has 2 aliphatic heterocycles. The molecule has 2 aliphatic rings. The van der Waals surface area contributed by atoms with Crippen molar-refractivity contribution in [3.05, 3.63) is 35.0 Å². The first-order chi connectivity index (χ1) is 15.3. The summed E-state index contributed by atoms with van der Waals surface area (Å²) in [6.45, 7) is 9.00. The number of benzene rings is 1. The van der Waals surface area contributed by atoms with Crippen LogP contribution in [0.25, 0.3) is 10.9 Å². The summed E-state index contributed by atoms with van der Waals surface area (Å²) in [6.07, 6.45) is -1.48. The Kier molecular flexibility index (Phi) is 6.81. The smallest absolute Gasteiger partial charge is 0.370 e. The van der Waals surface area contributed by atoms with Crippen LogP contribution in [0, 0.1) is 5.92 Å². The van der Waals surface area contributed by atoms with Gasteiger partial charge in [-0.2, -0.15) is 13.2 Å². The van der Waals surface area contributed by atoms with Crippen LogP contribution in [0.3, 0.4) is 0 Å². The Morgan fingerprint density at radius 1 is 1.25 bits per heavy atom. The fourth-order valence-corrected chi connectivity index (χ4v) is 5.23. The van der Waals surface area contributed by atoms with Crippen LogP contribution < -0.4 is 0 Å². The van der Waals surface area contributed by atoms with Crippen LogP contribution in [0.1, 0.15) is 49.4 Å². The van der Waals surface area contributed by atoms with Crippen molar-refractivity contribution in [1.29, 1.82) is 0 Å². The number of aromatic amines is 1. The van der Waals surface area contributed by atoms with Gasteiger partial charge in [-0.3, -0.25) is 4.79 Å². The molecule has 8 heteroatoms. The zero-order valence-electron chi connectivity index (χ0n) is 18.8. The van der Waals surface area contributed by atoms with E-state index in [1.165, 1.54) is 6.07 Å². The molecule has 0 radical (unpaired) electrons. The third kappa shape index (κ3) is 4.81. The number of halogens is 3. The first kappa shape index (κ1) is 23.1. The van der Waals surface area contributed by atoms with Crippen LogP contribution in [0.15, 0.2) is 18.2 Å². The number of alkyl halides is 3. The predicted molar refractivity (Wildman–Crippen MR) is 118 cm³/mol. The Balaban J connectivity index is 1.51. The average molecular weight is 452 g/mol. The van der Waals surface area contributed by atoms with Gasteiger partial charge >= 0.3 is 6.18 Å². The number of carbonyl (C=O) groups excluding carboxylic acids is 1. The van der Waals surface area contributed by atoms with Gasteiger partial charge in [0, 0.05) is 42.8 Å². The van der Waals surface area contributed by atoms with Crippen molar-refractivity contribution in [3.8, 4) is 0 Å². The standard InChI is InChI=1S/C24H32F3N3O2/c1-3-20-23(19-13-18(24(25,26)27)6-7-21(19)28-20)16(2)17-5-4-8-29(14-17)9-10-30-11-12-32-15-22(30)31/h6-7,13,16-17,28H,3-5,8-12,14-15H2,1-2H3/t16-,17-/m1/s1. The van der Waals surface area contributed by atoms with Gasteiger partial charge in [-0.1, -0.05) is 13.8 Å². The summed E-state index contributed by atoms with van der Waals surface area (Å²) < 4.78 is 45.3. The number of likely N-dealkylation sites (tertiary alicyclic amines) is 1. The largest absolute Gasteiger partial charge is 0.416 e. The van der Waals surface area contributed by atoms with Crippen molar-refractivity contribution in [2.45, 2.75) is 45.2 Å². The molecule has 0 saturated carbocycles. The van der Waals surface area contributed by atoms with E-state index >= 15 is 0 Å². The predicted octanol–water partition coefficient (Wildman–Crippen LogP) is 4.42. The molecular formula is C24H32F3N3O2. The SMILES string of the molecule is CCc1[nH]c2ccc(C(F)(F)F)cc2c1[C@H](C)[C@@H]1CCCN(CCN2CCOCC2=O)C1. The van der Waals surface area contributed by atoms with Gasteiger partial charge in [-0.25, -0.2) is 0 Å². The van der Waals surface area contributed by atoms with E-state index in [-0.39, 0.29) is 18.4 Å². The summed E-state index contributed by atoms with van der Waals surface area (Å²) in [5, 5.41) is 0.695. The van der Waals surface area contributed by atoms with Crippen LogP contribution >= 0.6 is 0 Å². The van der Waals surface area contributed by atoms with Gasteiger partial charge in [0.1, 0.15) is 6.61 Å². The summed E-state index contributed by atoms with van der Waals surface area (Å²) in [4.78, 5) is 19.6. The number of fused-ring (bicyclic) bond motifs is 1. The molecule has 3 heterocycles. The van der Waals surface area contributed by atoms with E-state index in [9.17, 15) is 18.0 Å². The zero-order valence-corrected chi connectivity index (χ0v) is 18.8. The van der Waals surface area contributed by atoms with Crippen molar-refractivity contribution in [2.75, 3.05) is 45.9 Å². The average Bonchev–Trinajstić information content (AvgIpc) is 3.15. The number of aryl methyl sites for hydroxylation is 1. The number of aromatic nitrogens is 1. The molecular weight excluding hydrogens is 419 g/mol. The summed E-state index contributed by atoms with van der Waals surface area (Å²) in [6, 6.07) is 4.02. The number of amides is 1. The van der Waals surface area contributed by atoms with Crippen LogP contribution in [0.2, 0.25) is 0 Å². The maximum Gasteiger partial charge on any atom is 0.416 e. The van der Waals surface area contributed by atoms with Gasteiger partial charge in [-0.05, 0) is 61.4 Å². The lowest BCUT2D eigenvalue weighted by Crippen LogP contribution is -2.47. The van der Waals surface area contributed by atoms with Crippen LogP contribution in [-0.2, 0) is 22.1 Å². The maximum atomic E-state index is 13.4. The minimum absolute atomic E-state index is 0.0463. The molecule has 32 heavy (non-hydrogen) atoms. The van der Waals surface area contributed by atoms with Gasteiger partial charge in [0.05, 0.1) is 12.2 Å². The van der Waals surface area contributed by atoms with E-state index < -0.39 is 11.7 Å². The lowest BCUT2D eigenvalue weighted by Gasteiger charge is -2.37. The Bertz CT molecular complexity index is 956. The molecule has 0 unspecified atom stereocenters. The van der Waals surface area contributed by atoms with Gasteiger partial charge < -0.3 is 19.5 Å². The summed E-state index contributed by atoms with van der Waals surface area (Å²) >= 11 is 0. The first-order valence-corrected chi connectivity index (χ1v) is 11.6. The number of hydrogen-bond acceptors (Lipinski definition) is 3. The van der Waals surface area contributed by atoms with E-state index in [0.717, 1.165) is 61.7 Å². The van der Waals surface area contributed by atoms with Gasteiger partial charge in [0.2, 0.25) is 5.91 Å². The molecule has 5 nitrogen and oxygen atoms in total. The van der Waals surface area contributed by atoms with Crippen LogP contribution in [0.4, 0.5) is 13.2 Å². The molecule has 176 valence electrons. The molecule has 0 spiro atoms. The number of nitrogens with one attached hydrogen (secondary N) is 1. The Hall–Kier alpha value is -2.06. The summed E-state index contributed by atoms with van der Waals surface area (Å²) in [7, 11) is 0. The van der Waals surface area contributed by atoms with Crippen molar-refractivity contribution >= 4 is 16.8 Å². The normalized spacial score (nSPS) is 22.0. The van der Waals surface area contributed by atoms with Crippen LogP contribution in [-0.4, -0.2) is 66.6 Å². The summed E-state index contributed by atoms with van der Waals surface area (Å²) in [5.41, 5.74) is 2.24. The molecule has 1 aromatic heterocycles. The van der Waals surface area contributed by atoms with E-state index in [1.54, 1.807) is 6.07 Å². The van der Waals surface area contributed by atoms with Crippen LogP contribution in [0.5, 0.6) is 0 Å². The lowest BCUT2D eigenvalue weighted by atomic mass is 9.80. The number of carbonyl (C=O) groups is 1.